The second-order valence-electron chi connectivity index (χ2n) is 6.66. The number of nitrogens with one attached hydrogen (secondary N) is 1. The molecule has 0 bridgehead atoms. The van der Waals surface area contributed by atoms with Crippen molar-refractivity contribution in [2.75, 3.05) is 24.7 Å². The van der Waals surface area contributed by atoms with Gasteiger partial charge in [0.05, 0.1) is 24.7 Å². The van der Waals surface area contributed by atoms with Gasteiger partial charge in [0.15, 0.2) is 15.7 Å². The van der Waals surface area contributed by atoms with E-state index in [0.717, 1.165) is 12.8 Å². The normalized spacial score (nSPS) is 23.0. The monoisotopic (exact) mass is 372 g/mol. The summed E-state index contributed by atoms with van der Waals surface area (Å²) in [6.07, 6.45) is 4.83. The first-order chi connectivity index (χ1) is 12.0. The van der Waals surface area contributed by atoms with Gasteiger partial charge in [0.2, 0.25) is 5.89 Å². The van der Waals surface area contributed by atoms with Gasteiger partial charge in [-0.3, -0.25) is 0 Å². The molecule has 0 radical (unpaired) electrons. The maximum absolute atomic E-state index is 12.4. The Morgan fingerprint density at radius 2 is 2.08 bits per heavy atom. The molecule has 2 aliphatic rings. The van der Waals surface area contributed by atoms with E-state index in [1.807, 2.05) is 0 Å². The van der Waals surface area contributed by atoms with Crippen molar-refractivity contribution in [2.45, 2.75) is 50.6 Å². The number of hydrogen-bond acceptors (Lipinski definition) is 7. The Morgan fingerprint density at radius 3 is 2.72 bits per heavy atom. The zero-order valence-corrected chi connectivity index (χ0v) is 14.9. The van der Waals surface area contributed by atoms with Gasteiger partial charge in [-0.25, -0.2) is 13.2 Å². The zero-order valence-electron chi connectivity index (χ0n) is 14.1. The van der Waals surface area contributed by atoms with E-state index in [1.165, 1.54) is 17.7 Å². The molecular formula is C15H24N4O5S. The minimum Gasteiger partial charge on any atom is -0.395 e. The van der Waals surface area contributed by atoms with Gasteiger partial charge in [0, 0.05) is 18.5 Å². The number of carbonyl (C=O) groups is 1. The van der Waals surface area contributed by atoms with Crippen LogP contribution < -0.4 is 5.32 Å². The molecule has 1 saturated heterocycles. The predicted molar refractivity (Wildman–Crippen MR) is 88.6 cm³/mol. The molecule has 0 spiro atoms. The topological polar surface area (TPSA) is 126 Å². The second-order valence-corrected chi connectivity index (χ2v) is 8.89. The Kier molecular flexibility index (Phi) is 5.57. The van der Waals surface area contributed by atoms with Crippen molar-refractivity contribution < 1.29 is 22.8 Å². The number of amides is 2. The molecule has 1 aliphatic carbocycles. The summed E-state index contributed by atoms with van der Waals surface area (Å²) >= 11 is 0. The first-order valence-corrected chi connectivity index (χ1v) is 10.5. The number of hydrogen-bond donors (Lipinski definition) is 2. The Bertz CT molecular complexity index is 699. The van der Waals surface area contributed by atoms with Crippen molar-refractivity contribution in [3.8, 4) is 0 Å². The Balaban J connectivity index is 1.56. The van der Waals surface area contributed by atoms with Crippen molar-refractivity contribution in [1.29, 1.82) is 0 Å². The van der Waals surface area contributed by atoms with Crippen molar-refractivity contribution in [1.82, 2.24) is 20.4 Å². The molecule has 3 rings (SSSR count). The van der Waals surface area contributed by atoms with Crippen LogP contribution in [0.15, 0.2) is 4.52 Å². The second kappa shape index (κ2) is 7.69. The van der Waals surface area contributed by atoms with Crippen LogP contribution in [0, 0.1) is 0 Å². The lowest BCUT2D eigenvalue weighted by Gasteiger charge is -2.27. The van der Waals surface area contributed by atoms with Crippen LogP contribution in [0.2, 0.25) is 0 Å². The minimum atomic E-state index is -3.11. The summed E-state index contributed by atoms with van der Waals surface area (Å²) in [5.74, 6) is 1.34. The smallest absolute Gasteiger partial charge is 0.318 e. The molecule has 1 aromatic rings. The van der Waals surface area contributed by atoms with Gasteiger partial charge in [0.25, 0.3) is 0 Å². The summed E-state index contributed by atoms with van der Waals surface area (Å²) in [4.78, 5) is 18.1. The van der Waals surface area contributed by atoms with Crippen LogP contribution in [0.1, 0.15) is 49.7 Å². The molecule has 2 fully saturated rings. The van der Waals surface area contributed by atoms with E-state index in [1.54, 1.807) is 0 Å². The quantitative estimate of drug-likeness (QED) is 0.741. The fourth-order valence-electron chi connectivity index (χ4n) is 3.51. The lowest BCUT2D eigenvalue weighted by atomic mass is 10.1. The molecule has 2 heterocycles. The highest BCUT2D eigenvalue weighted by atomic mass is 32.2. The first kappa shape index (κ1) is 18.1. The molecule has 1 aliphatic heterocycles. The lowest BCUT2D eigenvalue weighted by molar-refractivity contribution is 0.157. The third-order valence-electron chi connectivity index (χ3n) is 4.84. The number of urea groups is 1. The molecule has 25 heavy (non-hydrogen) atoms. The Labute approximate surface area is 146 Å². The number of rotatable bonds is 6. The summed E-state index contributed by atoms with van der Waals surface area (Å²) in [7, 11) is -3.11. The van der Waals surface area contributed by atoms with Crippen LogP contribution in [-0.2, 0) is 16.4 Å². The summed E-state index contributed by atoms with van der Waals surface area (Å²) < 4.78 is 28.5. The molecule has 140 valence electrons. The van der Waals surface area contributed by atoms with Crippen LogP contribution in [0.5, 0.6) is 0 Å². The summed E-state index contributed by atoms with van der Waals surface area (Å²) in [6, 6.07) is -0.833. The van der Waals surface area contributed by atoms with E-state index in [4.69, 9.17) is 4.52 Å². The van der Waals surface area contributed by atoms with E-state index >= 15 is 0 Å². The van der Waals surface area contributed by atoms with Gasteiger partial charge in [-0.15, -0.1) is 0 Å². The fourth-order valence-corrected chi connectivity index (χ4v) is 5.24. The molecule has 0 unspecified atom stereocenters. The SMILES string of the molecule is O=C(NCc1noc(C2CCCC2)n1)N(CCO)[C@@H]1CCS(=O)(=O)C1. The van der Waals surface area contributed by atoms with Gasteiger partial charge in [-0.1, -0.05) is 18.0 Å². The van der Waals surface area contributed by atoms with Crippen LogP contribution in [0.25, 0.3) is 0 Å². The van der Waals surface area contributed by atoms with Crippen molar-refractivity contribution >= 4 is 15.9 Å². The highest BCUT2D eigenvalue weighted by Gasteiger charge is 2.34. The molecule has 0 aromatic carbocycles. The molecule has 2 N–H and O–H groups in total. The summed E-state index contributed by atoms with van der Waals surface area (Å²) in [5.41, 5.74) is 0. The third-order valence-corrected chi connectivity index (χ3v) is 6.59. The number of carbonyl (C=O) groups excluding carboxylic acids is 1. The van der Waals surface area contributed by atoms with Gasteiger partial charge in [-0.2, -0.15) is 4.98 Å². The fraction of sp³-hybridized carbons (Fsp3) is 0.800. The van der Waals surface area contributed by atoms with E-state index < -0.39 is 21.9 Å². The number of aromatic nitrogens is 2. The van der Waals surface area contributed by atoms with E-state index in [2.05, 4.69) is 15.5 Å². The highest BCUT2D eigenvalue weighted by Crippen LogP contribution is 2.32. The van der Waals surface area contributed by atoms with Gasteiger partial charge in [-0.05, 0) is 19.3 Å². The molecule has 10 heteroatoms. The molecule has 2 amide bonds. The first-order valence-electron chi connectivity index (χ1n) is 8.67. The number of aliphatic hydroxyl groups is 1. The minimum absolute atomic E-state index is 0.0611. The molecule has 1 saturated carbocycles. The summed E-state index contributed by atoms with van der Waals surface area (Å²) in [6.45, 7) is -0.0277. The number of sulfone groups is 1. The largest absolute Gasteiger partial charge is 0.395 e. The van der Waals surface area contributed by atoms with Gasteiger partial charge >= 0.3 is 6.03 Å². The van der Waals surface area contributed by atoms with E-state index in [0.29, 0.717) is 24.1 Å². The van der Waals surface area contributed by atoms with Crippen LogP contribution >= 0.6 is 0 Å². The number of aliphatic hydroxyl groups excluding tert-OH is 1. The average Bonchev–Trinajstić information content (AvgIpc) is 3.30. The van der Waals surface area contributed by atoms with Crippen LogP contribution in [0.4, 0.5) is 4.79 Å². The molecular weight excluding hydrogens is 348 g/mol. The molecule has 9 nitrogen and oxygen atoms in total. The van der Waals surface area contributed by atoms with Crippen LogP contribution in [-0.4, -0.2) is 65.3 Å². The van der Waals surface area contributed by atoms with E-state index in [-0.39, 0.29) is 31.2 Å². The number of nitrogens with zero attached hydrogens (tertiary/aromatic N) is 3. The maximum Gasteiger partial charge on any atom is 0.318 e. The van der Waals surface area contributed by atoms with E-state index in [9.17, 15) is 18.3 Å². The molecule has 1 aromatic heterocycles. The summed E-state index contributed by atoms with van der Waals surface area (Å²) in [5, 5.41) is 15.8. The Morgan fingerprint density at radius 1 is 1.32 bits per heavy atom. The zero-order chi connectivity index (χ0) is 17.9. The van der Waals surface area contributed by atoms with Crippen molar-refractivity contribution in [2.24, 2.45) is 0 Å². The standard InChI is InChI=1S/C15H24N4O5S/c20-7-6-19(12-5-8-25(22,23)10-12)15(21)16-9-13-17-14(24-18-13)11-3-1-2-4-11/h11-12,20H,1-10H2,(H,16,21)/t12-/m1/s1. The third kappa shape index (κ3) is 4.49. The molecule has 1 atom stereocenters. The van der Waals surface area contributed by atoms with Gasteiger partial charge in [0.1, 0.15) is 0 Å². The van der Waals surface area contributed by atoms with Crippen molar-refractivity contribution in [3.05, 3.63) is 11.7 Å². The predicted octanol–water partition coefficient (Wildman–Crippen LogP) is 0.418. The van der Waals surface area contributed by atoms with Gasteiger partial charge < -0.3 is 19.8 Å². The highest BCUT2D eigenvalue weighted by molar-refractivity contribution is 7.91. The Hall–Kier alpha value is -1.68. The lowest BCUT2D eigenvalue weighted by Crippen LogP contribution is -2.47. The van der Waals surface area contributed by atoms with Crippen molar-refractivity contribution in [3.63, 3.8) is 0 Å². The average molecular weight is 372 g/mol. The maximum atomic E-state index is 12.4. The van der Waals surface area contributed by atoms with Crippen LogP contribution in [0.3, 0.4) is 0 Å².